The van der Waals surface area contributed by atoms with Crippen LogP contribution in [0.1, 0.15) is 32.3 Å². The molecule has 1 N–H and O–H groups in total. The lowest BCUT2D eigenvalue weighted by atomic mass is 10.1. The highest BCUT2D eigenvalue weighted by Crippen LogP contribution is 2.26. The Morgan fingerprint density at radius 2 is 1.69 bits per heavy atom. The molecule has 0 heterocycles. The number of hydrogen-bond acceptors (Lipinski definition) is 5. The minimum atomic E-state index is -4.13. The van der Waals surface area contributed by atoms with E-state index in [-0.39, 0.29) is 17.3 Å². The Morgan fingerprint density at radius 1 is 1.00 bits per heavy atom. The fourth-order valence-electron chi connectivity index (χ4n) is 3.95. The van der Waals surface area contributed by atoms with Crippen molar-refractivity contribution >= 4 is 43.5 Å². The molecule has 0 aliphatic heterocycles. The minimum Gasteiger partial charge on any atom is -0.497 e. The molecule has 0 unspecified atom stereocenters. The summed E-state index contributed by atoms with van der Waals surface area (Å²) in [6, 6.07) is 21.1. The van der Waals surface area contributed by atoms with E-state index in [2.05, 4.69) is 21.2 Å². The summed E-state index contributed by atoms with van der Waals surface area (Å²) in [6.07, 6.45) is 1.74. The monoisotopic (exact) mass is 615 g/mol. The van der Waals surface area contributed by atoms with Gasteiger partial charge in [0.25, 0.3) is 10.0 Å². The lowest BCUT2D eigenvalue weighted by Crippen LogP contribution is -2.51. The molecule has 0 radical (unpaired) electrons. The summed E-state index contributed by atoms with van der Waals surface area (Å²) in [6.45, 7) is 3.83. The van der Waals surface area contributed by atoms with Gasteiger partial charge in [-0.25, -0.2) is 8.42 Å². The molecule has 0 spiro atoms. The fraction of sp³-hybridized carbons (Fsp3) is 0.310. The third kappa shape index (κ3) is 8.06. The van der Waals surface area contributed by atoms with E-state index in [4.69, 9.17) is 4.74 Å². The van der Waals surface area contributed by atoms with E-state index in [1.54, 1.807) is 49.4 Å². The van der Waals surface area contributed by atoms with Crippen molar-refractivity contribution in [1.29, 1.82) is 0 Å². The van der Waals surface area contributed by atoms with Crippen molar-refractivity contribution in [2.45, 2.75) is 44.2 Å². The van der Waals surface area contributed by atoms with Crippen LogP contribution in [0.25, 0.3) is 0 Å². The minimum absolute atomic E-state index is 0.0175. The van der Waals surface area contributed by atoms with Gasteiger partial charge in [-0.1, -0.05) is 59.6 Å². The summed E-state index contributed by atoms with van der Waals surface area (Å²) in [5.41, 5.74) is 1.14. The van der Waals surface area contributed by atoms with Gasteiger partial charge in [-0.15, -0.1) is 0 Å². The topological polar surface area (TPSA) is 96.0 Å². The van der Waals surface area contributed by atoms with Crippen LogP contribution in [-0.2, 0) is 26.2 Å². The smallest absolute Gasteiger partial charge is 0.264 e. The van der Waals surface area contributed by atoms with Crippen LogP contribution in [0.15, 0.2) is 88.2 Å². The first-order chi connectivity index (χ1) is 18.7. The normalized spacial score (nSPS) is 11.9. The van der Waals surface area contributed by atoms with Gasteiger partial charge in [0.2, 0.25) is 11.8 Å². The summed E-state index contributed by atoms with van der Waals surface area (Å²) < 4.78 is 34.7. The third-order valence-electron chi connectivity index (χ3n) is 6.21. The number of unbranched alkanes of at least 4 members (excludes halogenated alkanes) is 1. The van der Waals surface area contributed by atoms with E-state index in [1.165, 1.54) is 24.1 Å². The Hall–Kier alpha value is -3.37. The fourth-order valence-corrected chi connectivity index (χ4v) is 5.81. The molecule has 0 bridgehead atoms. The number of carbonyl (C=O) groups excluding carboxylic acids is 2. The van der Waals surface area contributed by atoms with Crippen LogP contribution in [-0.4, -0.2) is 51.4 Å². The van der Waals surface area contributed by atoms with E-state index in [0.717, 1.165) is 27.2 Å². The standard InChI is InChI=1S/C29H34BrN3O5S/c1-4-5-18-31-29(35)22(2)32(20-23-10-9-11-24(30)19-23)28(34)21-33(25-12-7-6-8-13-25)39(36,37)27-16-14-26(38-3)15-17-27/h6-17,19,22H,4-5,18,20-21H2,1-3H3,(H,31,35)/t22-/m1/s1. The van der Waals surface area contributed by atoms with Gasteiger partial charge in [0.1, 0.15) is 18.3 Å². The van der Waals surface area contributed by atoms with E-state index in [0.29, 0.717) is 18.0 Å². The molecule has 3 aromatic carbocycles. The molecular formula is C29H34BrN3O5S. The van der Waals surface area contributed by atoms with Crippen LogP contribution in [0.3, 0.4) is 0 Å². The highest BCUT2D eigenvalue weighted by Gasteiger charge is 2.32. The molecule has 0 aliphatic rings. The highest BCUT2D eigenvalue weighted by molar-refractivity contribution is 9.10. The van der Waals surface area contributed by atoms with E-state index >= 15 is 0 Å². The molecule has 1 atom stereocenters. The number of rotatable bonds is 13. The zero-order chi connectivity index (χ0) is 28.4. The molecule has 39 heavy (non-hydrogen) atoms. The molecule has 0 saturated carbocycles. The number of para-hydroxylation sites is 1. The number of nitrogens with zero attached hydrogens (tertiary/aromatic N) is 2. The van der Waals surface area contributed by atoms with Crippen molar-refractivity contribution < 1.29 is 22.7 Å². The maximum atomic E-state index is 13.9. The summed E-state index contributed by atoms with van der Waals surface area (Å²) >= 11 is 3.45. The van der Waals surface area contributed by atoms with Crippen molar-refractivity contribution in [3.05, 3.63) is 88.9 Å². The van der Waals surface area contributed by atoms with Gasteiger partial charge in [0.05, 0.1) is 17.7 Å². The Labute approximate surface area is 239 Å². The number of hydrogen-bond donors (Lipinski definition) is 1. The SMILES string of the molecule is CCCCNC(=O)[C@@H](C)N(Cc1cccc(Br)c1)C(=O)CN(c1ccccc1)S(=O)(=O)c1ccc(OC)cc1. The number of nitrogens with one attached hydrogen (secondary N) is 1. The molecule has 0 aliphatic carbocycles. The largest absolute Gasteiger partial charge is 0.497 e. The number of halogens is 1. The lowest BCUT2D eigenvalue weighted by molar-refractivity contribution is -0.139. The second-order valence-electron chi connectivity index (χ2n) is 8.99. The van der Waals surface area contributed by atoms with Crippen molar-refractivity contribution in [2.24, 2.45) is 0 Å². The average molecular weight is 617 g/mol. The van der Waals surface area contributed by atoms with Crippen molar-refractivity contribution in [1.82, 2.24) is 10.2 Å². The predicted octanol–water partition coefficient (Wildman–Crippen LogP) is 4.99. The van der Waals surface area contributed by atoms with Crippen molar-refractivity contribution in [3.63, 3.8) is 0 Å². The molecule has 0 aromatic heterocycles. The van der Waals surface area contributed by atoms with E-state index < -0.39 is 28.5 Å². The Balaban J connectivity index is 1.97. The Bertz CT molecular complexity index is 1350. The third-order valence-corrected chi connectivity index (χ3v) is 8.49. The molecular weight excluding hydrogens is 582 g/mol. The van der Waals surface area contributed by atoms with Crippen LogP contribution >= 0.6 is 15.9 Å². The summed E-state index contributed by atoms with van der Waals surface area (Å²) in [7, 11) is -2.63. The predicted molar refractivity (Wildman–Crippen MR) is 156 cm³/mol. The van der Waals surface area contributed by atoms with Gasteiger partial charge < -0.3 is 15.0 Å². The van der Waals surface area contributed by atoms with Crippen LogP contribution in [0.2, 0.25) is 0 Å². The average Bonchev–Trinajstić information content (AvgIpc) is 2.94. The number of benzene rings is 3. The highest BCUT2D eigenvalue weighted by atomic mass is 79.9. The summed E-state index contributed by atoms with van der Waals surface area (Å²) in [5, 5.41) is 2.88. The first kappa shape index (κ1) is 30.2. The maximum Gasteiger partial charge on any atom is 0.264 e. The number of amides is 2. The number of methoxy groups -OCH3 is 1. The number of ether oxygens (including phenoxy) is 1. The zero-order valence-electron chi connectivity index (χ0n) is 22.3. The summed E-state index contributed by atoms with van der Waals surface area (Å²) in [5.74, 6) is -0.287. The molecule has 0 saturated heterocycles. The molecule has 8 nitrogen and oxygen atoms in total. The Morgan fingerprint density at radius 3 is 2.31 bits per heavy atom. The van der Waals surface area contributed by atoms with Crippen LogP contribution < -0.4 is 14.4 Å². The summed E-state index contributed by atoms with van der Waals surface area (Å²) in [4.78, 5) is 28.3. The molecule has 10 heteroatoms. The number of sulfonamides is 1. The first-order valence-corrected chi connectivity index (χ1v) is 14.9. The molecule has 208 valence electrons. The molecule has 3 rings (SSSR count). The number of anilines is 1. The van der Waals surface area contributed by atoms with E-state index in [9.17, 15) is 18.0 Å². The van der Waals surface area contributed by atoms with Crippen molar-refractivity contribution in [2.75, 3.05) is 24.5 Å². The van der Waals surface area contributed by atoms with Crippen LogP contribution in [0, 0.1) is 0 Å². The van der Waals surface area contributed by atoms with Crippen molar-refractivity contribution in [3.8, 4) is 5.75 Å². The van der Waals surface area contributed by atoms with Gasteiger partial charge in [0.15, 0.2) is 0 Å². The second-order valence-corrected chi connectivity index (χ2v) is 11.8. The second kappa shape index (κ2) is 14.1. The number of carbonyl (C=O) groups is 2. The molecule has 0 fully saturated rings. The van der Waals surface area contributed by atoms with Gasteiger partial charge in [0, 0.05) is 17.6 Å². The maximum absolute atomic E-state index is 13.9. The Kier molecular flexibility index (Phi) is 10.9. The van der Waals surface area contributed by atoms with Gasteiger partial charge >= 0.3 is 0 Å². The molecule has 2 amide bonds. The lowest BCUT2D eigenvalue weighted by Gasteiger charge is -2.32. The first-order valence-electron chi connectivity index (χ1n) is 12.7. The van der Waals surface area contributed by atoms with Crippen LogP contribution in [0.4, 0.5) is 5.69 Å². The van der Waals surface area contributed by atoms with Gasteiger partial charge in [-0.05, 0) is 67.4 Å². The molecule has 3 aromatic rings. The van der Waals surface area contributed by atoms with Gasteiger partial charge in [-0.2, -0.15) is 0 Å². The quantitative estimate of drug-likeness (QED) is 0.273. The van der Waals surface area contributed by atoms with Gasteiger partial charge in [-0.3, -0.25) is 13.9 Å². The van der Waals surface area contributed by atoms with Crippen LogP contribution in [0.5, 0.6) is 5.75 Å². The zero-order valence-corrected chi connectivity index (χ0v) is 24.7. The van der Waals surface area contributed by atoms with E-state index in [1.807, 2.05) is 31.2 Å².